The van der Waals surface area contributed by atoms with Crippen LogP contribution >= 0.6 is 11.3 Å². The third kappa shape index (κ3) is 2.70. The molecule has 0 saturated heterocycles. The van der Waals surface area contributed by atoms with Crippen molar-refractivity contribution in [1.29, 1.82) is 0 Å². The van der Waals surface area contributed by atoms with Crippen LogP contribution < -0.4 is 0 Å². The van der Waals surface area contributed by atoms with E-state index in [9.17, 15) is 0 Å². The molecular formula is C21H24S. The summed E-state index contributed by atoms with van der Waals surface area (Å²) < 4.78 is 2.83. The predicted molar refractivity (Wildman–Crippen MR) is 101 cm³/mol. The topological polar surface area (TPSA) is 0 Å². The van der Waals surface area contributed by atoms with Crippen molar-refractivity contribution in [2.45, 2.75) is 40.5 Å². The van der Waals surface area contributed by atoms with E-state index in [1.807, 2.05) is 11.3 Å². The molecule has 0 N–H and O–H groups in total. The summed E-state index contributed by atoms with van der Waals surface area (Å²) in [6.45, 7) is 11.4. The van der Waals surface area contributed by atoms with Crippen molar-refractivity contribution in [1.82, 2.24) is 0 Å². The van der Waals surface area contributed by atoms with E-state index in [2.05, 4.69) is 83.2 Å². The average Bonchev–Trinajstić information content (AvgIpc) is 2.82. The van der Waals surface area contributed by atoms with Gasteiger partial charge in [-0.3, -0.25) is 0 Å². The standard InChI is InChI=1S/C21H24S/c1-14(2)13-18(21(3,4)5)17-11-8-10-16-15-9-6-7-12-19(15)22-20(16)17/h6-13,18H,1-5H3. The van der Waals surface area contributed by atoms with Crippen molar-refractivity contribution in [2.75, 3.05) is 0 Å². The van der Waals surface area contributed by atoms with Crippen molar-refractivity contribution in [2.24, 2.45) is 5.41 Å². The van der Waals surface area contributed by atoms with Crippen LogP contribution in [0.3, 0.4) is 0 Å². The summed E-state index contributed by atoms with van der Waals surface area (Å²) in [5, 5.41) is 2.78. The quantitative estimate of drug-likeness (QED) is 0.441. The Labute approximate surface area is 137 Å². The van der Waals surface area contributed by atoms with Crippen LogP contribution in [-0.4, -0.2) is 0 Å². The Kier molecular flexibility index (Phi) is 3.86. The first-order valence-electron chi connectivity index (χ1n) is 7.93. The largest absolute Gasteiger partial charge is 0.135 e. The second kappa shape index (κ2) is 5.55. The summed E-state index contributed by atoms with van der Waals surface area (Å²) in [4.78, 5) is 0. The number of rotatable bonds is 2. The molecule has 0 fully saturated rings. The molecule has 22 heavy (non-hydrogen) atoms. The lowest BCUT2D eigenvalue weighted by molar-refractivity contribution is 0.367. The maximum atomic E-state index is 2.43. The molecule has 0 aliphatic carbocycles. The fourth-order valence-corrected chi connectivity index (χ4v) is 4.41. The van der Waals surface area contributed by atoms with Crippen LogP contribution in [0.5, 0.6) is 0 Å². The highest BCUT2D eigenvalue weighted by Crippen LogP contribution is 2.44. The number of fused-ring (bicyclic) bond motifs is 3. The van der Waals surface area contributed by atoms with Crippen molar-refractivity contribution < 1.29 is 0 Å². The van der Waals surface area contributed by atoms with Crippen LogP contribution in [0, 0.1) is 5.41 Å². The lowest BCUT2D eigenvalue weighted by Gasteiger charge is -2.29. The second-order valence-corrected chi connectivity index (χ2v) is 8.46. The normalized spacial score (nSPS) is 13.5. The Bertz CT molecular complexity index is 839. The Morgan fingerprint density at radius 1 is 0.955 bits per heavy atom. The number of thiophene rings is 1. The molecule has 3 aromatic rings. The summed E-state index contributed by atoms with van der Waals surface area (Å²) in [6, 6.07) is 15.5. The molecular weight excluding hydrogens is 284 g/mol. The molecule has 1 heterocycles. The van der Waals surface area contributed by atoms with Crippen molar-refractivity contribution >= 4 is 31.5 Å². The third-order valence-corrected chi connectivity index (χ3v) is 5.44. The van der Waals surface area contributed by atoms with Gasteiger partial charge in [-0.2, -0.15) is 0 Å². The van der Waals surface area contributed by atoms with Crippen molar-refractivity contribution in [3.63, 3.8) is 0 Å². The maximum absolute atomic E-state index is 2.43. The van der Waals surface area contributed by atoms with Gasteiger partial charge in [0.15, 0.2) is 0 Å². The summed E-state index contributed by atoms with van der Waals surface area (Å²) >= 11 is 1.93. The summed E-state index contributed by atoms with van der Waals surface area (Å²) in [5.74, 6) is 0.439. The van der Waals surface area contributed by atoms with Crippen LogP contribution in [0.2, 0.25) is 0 Å². The molecule has 0 nitrogen and oxygen atoms in total. The Morgan fingerprint density at radius 3 is 2.32 bits per heavy atom. The number of benzene rings is 2. The third-order valence-electron chi connectivity index (χ3n) is 4.20. The summed E-state index contributed by atoms with van der Waals surface area (Å²) in [5.41, 5.74) is 3.06. The van der Waals surface area contributed by atoms with E-state index < -0.39 is 0 Å². The average molecular weight is 308 g/mol. The minimum absolute atomic E-state index is 0.210. The molecule has 0 radical (unpaired) electrons. The van der Waals surface area contributed by atoms with Crippen LogP contribution in [0.1, 0.15) is 46.1 Å². The predicted octanol–water partition coefficient (Wildman–Crippen LogP) is 7.15. The smallest absolute Gasteiger partial charge is 0.0393 e. The molecule has 0 spiro atoms. The highest BCUT2D eigenvalue weighted by molar-refractivity contribution is 7.26. The highest BCUT2D eigenvalue weighted by Gasteiger charge is 2.26. The first-order chi connectivity index (χ1) is 10.4. The van der Waals surface area contributed by atoms with Gasteiger partial charge in [-0.15, -0.1) is 11.3 Å². The molecule has 0 aliphatic rings. The van der Waals surface area contributed by atoms with Gasteiger partial charge in [-0.25, -0.2) is 0 Å². The SMILES string of the molecule is CC(C)=CC(c1cccc2c1sc1ccccc12)C(C)(C)C. The van der Waals surface area contributed by atoms with E-state index in [1.165, 1.54) is 31.3 Å². The molecule has 1 unspecified atom stereocenters. The molecule has 3 rings (SSSR count). The van der Waals surface area contributed by atoms with Crippen molar-refractivity contribution in [3.05, 3.63) is 59.7 Å². The van der Waals surface area contributed by atoms with Gasteiger partial charge in [-0.1, -0.05) is 68.8 Å². The molecule has 1 aromatic heterocycles. The summed E-state index contributed by atoms with van der Waals surface area (Å²) in [7, 11) is 0. The van der Waals surface area contributed by atoms with Crippen LogP contribution in [0.25, 0.3) is 20.2 Å². The first-order valence-corrected chi connectivity index (χ1v) is 8.75. The van der Waals surface area contributed by atoms with Gasteiger partial charge in [0, 0.05) is 26.1 Å². The van der Waals surface area contributed by atoms with Crippen LogP contribution in [-0.2, 0) is 0 Å². The van der Waals surface area contributed by atoms with Gasteiger partial charge in [-0.05, 0) is 30.9 Å². The van der Waals surface area contributed by atoms with Gasteiger partial charge in [0.2, 0.25) is 0 Å². The molecule has 0 amide bonds. The number of hydrogen-bond donors (Lipinski definition) is 0. The molecule has 1 heteroatoms. The molecule has 2 aromatic carbocycles. The van der Waals surface area contributed by atoms with Crippen molar-refractivity contribution in [3.8, 4) is 0 Å². The van der Waals surface area contributed by atoms with E-state index in [0.717, 1.165) is 0 Å². The van der Waals surface area contributed by atoms with Gasteiger partial charge in [0.1, 0.15) is 0 Å². The Morgan fingerprint density at radius 2 is 1.64 bits per heavy atom. The fraction of sp³-hybridized carbons (Fsp3) is 0.333. The lowest BCUT2D eigenvalue weighted by Crippen LogP contribution is -2.17. The fourth-order valence-electron chi connectivity index (χ4n) is 3.15. The number of allylic oxidation sites excluding steroid dienone is 2. The van der Waals surface area contributed by atoms with Gasteiger partial charge in [0.05, 0.1) is 0 Å². The monoisotopic (exact) mass is 308 g/mol. The molecule has 0 saturated carbocycles. The molecule has 114 valence electrons. The molecule has 1 atom stereocenters. The van der Waals surface area contributed by atoms with Crippen LogP contribution in [0.15, 0.2) is 54.1 Å². The van der Waals surface area contributed by atoms with E-state index >= 15 is 0 Å². The van der Waals surface area contributed by atoms with Gasteiger partial charge < -0.3 is 0 Å². The maximum Gasteiger partial charge on any atom is 0.0393 e. The van der Waals surface area contributed by atoms with Gasteiger partial charge in [0.25, 0.3) is 0 Å². The van der Waals surface area contributed by atoms with E-state index in [-0.39, 0.29) is 5.41 Å². The number of hydrogen-bond acceptors (Lipinski definition) is 1. The zero-order valence-corrected chi connectivity index (χ0v) is 14.9. The van der Waals surface area contributed by atoms with Crippen LogP contribution in [0.4, 0.5) is 0 Å². The zero-order valence-electron chi connectivity index (χ0n) is 14.1. The highest BCUT2D eigenvalue weighted by atomic mass is 32.1. The molecule has 0 bridgehead atoms. The van der Waals surface area contributed by atoms with E-state index in [4.69, 9.17) is 0 Å². The second-order valence-electron chi connectivity index (χ2n) is 7.41. The lowest BCUT2D eigenvalue weighted by atomic mass is 9.75. The van der Waals surface area contributed by atoms with Gasteiger partial charge >= 0.3 is 0 Å². The zero-order chi connectivity index (χ0) is 15.9. The van der Waals surface area contributed by atoms with E-state index in [1.54, 1.807) is 0 Å². The molecule has 0 aliphatic heterocycles. The first kappa shape index (κ1) is 15.3. The minimum atomic E-state index is 0.210. The summed E-state index contributed by atoms with van der Waals surface area (Å²) in [6.07, 6.45) is 2.43. The Hall–Kier alpha value is -1.60. The minimum Gasteiger partial charge on any atom is -0.135 e. The van der Waals surface area contributed by atoms with E-state index in [0.29, 0.717) is 5.92 Å². The Balaban J connectivity index is 2.32.